The second-order valence-electron chi connectivity index (χ2n) is 8.20. The molecular weight excluding hydrogens is 308 g/mol. The van der Waals surface area contributed by atoms with E-state index in [4.69, 9.17) is 0 Å². The van der Waals surface area contributed by atoms with Crippen molar-refractivity contribution in [2.45, 2.75) is 102 Å². The Morgan fingerprint density at radius 2 is 1.04 bits per heavy atom. The van der Waals surface area contributed by atoms with Crippen LogP contribution in [0.2, 0.25) is 0 Å². The molecule has 3 rings (SSSR count). The lowest BCUT2D eigenvalue weighted by molar-refractivity contribution is 0.0692. The predicted molar refractivity (Wildman–Crippen MR) is 104 cm³/mol. The monoisotopic (exact) mass is 342 g/mol. The van der Waals surface area contributed by atoms with Crippen molar-refractivity contribution in [2.24, 2.45) is 0 Å². The van der Waals surface area contributed by atoms with Crippen molar-refractivity contribution in [1.82, 2.24) is 0 Å². The molecule has 2 heteroatoms. The van der Waals surface area contributed by atoms with E-state index in [1.54, 1.807) is 0 Å². The molecular formula is C23H34O2. The number of hydrogen-bond donors (Lipinski definition) is 1. The molecule has 2 aliphatic carbocycles. The van der Waals surface area contributed by atoms with Crippen LogP contribution in [0.15, 0.2) is 18.2 Å². The van der Waals surface area contributed by atoms with Gasteiger partial charge >= 0.3 is 5.97 Å². The fourth-order valence-electron chi connectivity index (χ4n) is 5.05. The van der Waals surface area contributed by atoms with Crippen LogP contribution in [-0.4, -0.2) is 11.1 Å². The maximum absolute atomic E-state index is 12.2. The topological polar surface area (TPSA) is 37.3 Å². The van der Waals surface area contributed by atoms with Crippen LogP contribution in [0.1, 0.15) is 123 Å². The molecule has 0 atom stereocenters. The number of benzene rings is 1. The van der Waals surface area contributed by atoms with Crippen LogP contribution in [0.5, 0.6) is 0 Å². The van der Waals surface area contributed by atoms with Crippen LogP contribution in [-0.2, 0) is 0 Å². The van der Waals surface area contributed by atoms with Crippen LogP contribution < -0.4 is 0 Å². The first-order valence-corrected chi connectivity index (χ1v) is 10.6. The molecule has 0 aromatic heterocycles. The van der Waals surface area contributed by atoms with Crippen molar-refractivity contribution in [1.29, 1.82) is 0 Å². The van der Waals surface area contributed by atoms with Crippen LogP contribution in [0.3, 0.4) is 0 Å². The standard InChI is InChI=1S/C23H34O2/c24-23(25)22-20(18-12-7-3-1-4-8-13-18)16-11-17-21(22)19-14-9-5-2-6-10-15-19/h11,16-19H,1-10,12-15H2,(H,24,25). The van der Waals surface area contributed by atoms with E-state index >= 15 is 0 Å². The SMILES string of the molecule is O=C(O)c1c(C2CCCCCCC2)cccc1C1CCCCCCC1. The normalized spacial score (nSPS) is 21.8. The molecule has 1 aromatic rings. The molecule has 0 spiro atoms. The predicted octanol–water partition coefficient (Wildman–Crippen LogP) is 7.04. The molecule has 1 aromatic carbocycles. The summed E-state index contributed by atoms with van der Waals surface area (Å²) in [5.41, 5.74) is 2.93. The Kier molecular flexibility index (Phi) is 6.95. The van der Waals surface area contributed by atoms with Crippen molar-refractivity contribution in [2.75, 3.05) is 0 Å². The van der Waals surface area contributed by atoms with E-state index in [0.717, 1.165) is 36.8 Å². The summed E-state index contributed by atoms with van der Waals surface area (Å²) < 4.78 is 0. The van der Waals surface area contributed by atoms with E-state index < -0.39 is 5.97 Å². The highest BCUT2D eigenvalue weighted by molar-refractivity contribution is 5.91. The largest absolute Gasteiger partial charge is 0.478 e. The number of rotatable bonds is 3. The van der Waals surface area contributed by atoms with Gasteiger partial charge in [0.2, 0.25) is 0 Å². The third-order valence-corrected chi connectivity index (χ3v) is 6.43. The Balaban J connectivity index is 1.91. The van der Waals surface area contributed by atoms with E-state index in [1.165, 1.54) is 64.2 Å². The van der Waals surface area contributed by atoms with E-state index in [2.05, 4.69) is 18.2 Å². The van der Waals surface area contributed by atoms with Gasteiger partial charge in [0, 0.05) is 0 Å². The lowest BCUT2D eigenvalue weighted by atomic mass is 9.78. The van der Waals surface area contributed by atoms with Crippen molar-refractivity contribution in [3.05, 3.63) is 34.9 Å². The Hall–Kier alpha value is -1.31. The summed E-state index contributed by atoms with van der Waals surface area (Å²) >= 11 is 0. The van der Waals surface area contributed by atoms with Gasteiger partial charge in [-0.25, -0.2) is 4.79 Å². The van der Waals surface area contributed by atoms with Crippen LogP contribution >= 0.6 is 0 Å². The van der Waals surface area contributed by atoms with Gasteiger partial charge in [0.25, 0.3) is 0 Å². The van der Waals surface area contributed by atoms with Crippen molar-refractivity contribution in [3.63, 3.8) is 0 Å². The van der Waals surface area contributed by atoms with Gasteiger partial charge in [-0.15, -0.1) is 0 Å². The van der Waals surface area contributed by atoms with Gasteiger partial charge in [-0.1, -0.05) is 82.4 Å². The average molecular weight is 343 g/mol. The quantitative estimate of drug-likeness (QED) is 0.639. The van der Waals surface area contributed by atoms with E-state index in [1.807, 2.05) is 0 Å². The molecule has 2 fully saturated rings. The molecule has 1 N–H and O–H groups in total. The minimum atomic E-state index is -0.699. The smallest absolute Gasteiger partial charge is 0.336 e. The molecule has 0 radical (unpaired) electrons. The first-order chi connectivity index (χ1) is 12.3. The third kappa shape index (κ3) is 4.86. The number of carboxylic acid groups (broad SMARTS) is 1. The molecule has 0 saturated heterocycles. The highest BCUT2D eigenvalue weighted by atomic mass is 16.4. The molecule has 2 nitrogen and oxygen atoms in total. The number of aromatic carboxylic acids is 1. The lowest BCUT2D eigenvalue weighted by Crippen LogP contribution is -2.15. The molecule has 0 aliphatic heterocycles. The van der Waals surface area contributed by atoms with Crippen molar-refractivity contribution >= 4 is 5.97 Å². The highest BCUT2D eigenvalue weighted by Crippen LogP contribution is 2.38. The Morgan fingerprint density at radius 1 is 0.680 bits per heavy atom. The first kappa shape index (κ1) is 18.5. The Bertz CT molecular complexity index is 507. The summed E-state index contributed by atoms with van der Waals surface area (Å²) in [6, 6.07) is 6.36. The fraction of sp³-hybridized carbons (Fsp3) is 0.696. The van der Waals surface area contributed by atoms with E-state index in [-0.39, 0.29) is 0 Å². The van der Waals surface area contributed by atoms with Crippen LogP contribution in [0.4, 0.5) is 0 Å². The maximum Gasteiger partial charge on any atom is 0.336 e. The van der Waals surface area contributed by atoms with E-state index in [0.29, 0.717) is 17.4 Å². The second kappa shape index (κ2) is 9.40. The van der Waals surface area contributed by atoms with Crippen LogP contribution in [0, 0.1) is 0 Å². The number of hydrogen-bond acceptors (Lipinski definition) is 1. The molecule has 0 heterocycles. The molecule has 2 saturated carbocycles. The van der Waals surface area contributed by atoms with E-state index in [9.17, 15) is 9.90 Å². The summed E-state index contributed by atoms with van der Waals surface area (Å²) in [5.74, 6) is 0.189. The molecule has 2 aliphatic rings. The van der Waals surface area contributed by atoms with Gasteiger partial charge in [-0.3, -0.25) is 0 Å². The van der Waals surface area contributed by atoms with Gasteiger partial charge < -0.3 is 5.11 Å². The molecule has 0 unspecified atom stereocenters. The molecule has 0 bridgehead atoms. The fourth-order valence-corrected chi connectivity index (χ4v) is 5.05. The first-order valence-electron chi connectivity index (χ1n) is 10.6. The van der Waals surface area contributed by atoms with Gasteiger partial charge in [0.05, 0.1) is 5.56 Å². The van der Waals surface area contributed by atoms with Gasteiger partial charge in [-0.05, 0) is 48.6 Å². The minimum Gasteiger partial charge on any atom is -0.478 e. The second-order valence-corrected chi connectivity index (χ2v) is 8.20. The Labute approximate surface area is 153 Å². The Morgan fingerprint density at radius 3 is 1.40 bits per heavy atom. The zero-order valence-electron chi connectivity index (χ0n) is 15.6. The van der Waals surface area contributed by atoms with Gasteiger partial charge in [-0.2, -0.15) is 0 Å². The summed E-state index contributed by atoms with van der Waals surface area (Å²) in [7, 11) is 0. The maximum atomic E-state index is 12.2. The molecule has 138 valence electrons. The van der Waals surface area contributed by atoms with Crippen LogP contribution in [0.25, 0.3) is 0 Å². The summed E-state index contributed by atoms with van der Waals surface area (Å²) in [5, 5.41) is 10.1. The average Bonchev–Trinajstić information content (AvgIpc) is 2.53. The summed E-state index contributed by atoms with van der Waals surface area (Å²) in [6.45, 7) is 0. The number of carbonyl (C=O) groups is 1. The van der Waals surface area contributed by atoms with Crippen molar-refractivity contribution in [3.8, 4) is 0 Å². The van der Waals surface area contributed by atoms with Gasteiger partial charge in [0.15, 0.2) is 0 Å². The molecule has 25 heavy (non-hydrogen) atoms. The van der Waals surface area contributed by atoms with Crippen molar-refractivity contribution < 1.29 is 9.90 Å². The third-order valence-electron chi connectivity index (χ3n) is 6.43. The minimum absolute atomic E-state index is 0.444. The van der Waals surface area contributed by atoms with Gasteiger partial charge in [0.1, 0.15) is 0 Å². The zero-order chi connectivity index (χ0) is 17.5. The summed E-state index contributed by atoms with van der Waals surface area (Å²) in [4.78, 5) is 12.2. The summed E-state index contributed by atoms with van der Waals surface area (Å²) in [6.07, 6.45) is 17.6. The molecule has 0 amide bonds. The number of carboxylic acids is 1. The zero-order valence-corrected chi connectivity index (χ0v) is 15.6. The lowest BCUT2D eigenvalue weighted by Gasteiger charge is -2.26. The highest BCUT2D eigenvalue weighted by Gasteiger charge is 2.26.